The molecule has 1 aliphatic heterocycles. The summed E-state index contributed by atoms with van der Waals surface area (Å²) < 4.78 is 40.5. The fraction of sp³-hybridized carbons (Fsp3) is 0.381. The van der Waals surface area contributed by atoms with Gasteiger partial charge in [-0.2, -0.15) is 9.04 Å². The Labute approximate surface area is 195 Å². The van der Waals surface area contributed by atoms with Gasteiger partial charge in [-0.05, 0) is 43.0 Å². The lowest BCUT2D eigenvalue weighted by Gasteiger charge is -2.26. The van der Waals surface area contributed by atoms with Crippen LogP contribution >= 0.6 is 11.8 Å². The van der Waals surface area contributed by atoms with Gasteiger partial charge in [0.2, 0.25) is 10.0 Å². The molecule has 0 aliphatic carbocycles. The predicted octanol–water partition coefficient (Wildman–Crippen LogP) is 1.55. The molecule has 33 heavy (non-hydrogen) atoms. The number of pyridine rings is 1. The number of fused-ring (bicyclic) bond motifs is 1. The SMILES string of the molecule is CCn1c(COC(=O)CSc2cccc[n+]2[O-])nc2cc(S(=O)(=O)N3CCOCC3)ccc21. The van der Waals surface area contributed by atoms with E-state index in [-0.39, 0.29) is 17.3 Å². The third kappa shape index (κ3) is 5.13. The predicted molar refractivity (Wildman–Crippen MR) is 121 cm³/mol. The molecule has 0 spiro atoms. The number of nitrogens with zero attached hydrogens (tertiary/aromatic N) is 4. The van der Waals surface area contributed by atoms with Crippen molar-refractivity contribution in [1.29, 1.82) is 0 Å². The second-order valence-corrected chi connectivity index (χ2v) is 10.2. The maximum atomic E-state index is 13.0. The summed E-state index contributed by atoms with van der Waals surface area (Å²) in [6.07, 6.45) is 1.37. The molecule has 0 unspecified atom stereocenters. The molecule has 10 nitrogen and oxygen atoms in total. The maximum Gasteiger partial charge on any atom is 0.316 e. The van der Waals surface area contributed by atoms with Crippen molar-refractivity contribution in [3.05, 3.63) is 53.6 Å². The Balaban J connectivity index is 1.47. The normalized spacial score (nSPS) is 15.1. The Morgan fingerprint density at radius 1 is 1.27 bits per heavy atom. The van der Waals surface area contributed by atoms with Crippen LogP contribution in [0.5, 0.6) is 0 Å². The number of esters is 1. The van der Waals surface area contributed by atoms with Crippen molar-refractivity contribution < 1.29 is 27.4 Å². The Bertz CT molecular complexity index is 1250. The van der Waals surface area contributed by atoms with E-state index in [4.69, 9.17) is 9.47 Å². The molecule has 0 atom stereocenters. The number of aromatic nitrogens is 3. The number of imidazole rings is 1. The van der Waals surface area contributed by atoms with Gasteiger partial charge >= 0.3 is 5.97 Å². The Kier molecular flexibility index (Phi) is 7.17. The summed E-state index contributed by atoms with van der Waals surface area (Å²) in [5.41, 5.74) is 1.28. The number of rotatable bonds is 8. The van der Waals surface area contributed by atoms with E-state index in [9.17, 15) is 18.4 Å². The zero-order valence-corrected chi connectivity index (χ0v) is 19.7. The first-order valence-electron chi connectivity index (χ1n) is 10.4. The molecular weight excluding hydrogens is 468 g/mol. The number of hydrogen-bond donors (Lipinski definition) is 0. The molecule has 3 heterocycles. The number of ether oxygens (including phenoxy) is 2. The summed E-state index contributed by atoms with van der Waals surface area (Å²) >= 11 is 1.09. The maximum absolute atomic E-state index is 13.0. The number of sulfonamides is 1. The van der Waals surface area contributed by atoms with Gasteiger partial charge in [-0.3, -0.25) is 4.79 Å². The number of carbonyl (C=O) groups is 1. The second kappa shape index (κ2) is 10.1. The molecular formula is C21H24N4O6S2. The number of benzene rings is 1. The van der Waals surface area contributed by atoms with Gasteiger partial charge in [0.15, 0.2) is 6.20 Å². The van der Waals surface area contributed by atoms with Gasteiger partial charge < -0.3 is 19.2 Å². The van der Waals surface area contributed by atoms with Crippen LogP contribution in [0, 0.1) is 5.21 Å². The van der Waals surface area contributed by atoms with Crippen molar-refractivity contribution in [3.63, 3.8) is 0 Å². The molecule has 0 N–H and O–H groups in total. The zero-order chi connectivity index (χ0) is 23.4. The molecule has 1 saturated heterocycles. The first-order valence-corrected chi connectivity index (χ1v) is 12.9. The van der Waals surface area contributed by atoms with Crippen molar-refractivity contribution in [3.8, 4) is 0 Å². The highest BCUT2D eigenvalue weighted by molar-refractivity contribution is 7.99. The van der Waals surface area contributed by atoms with E-state index in [1.165, 1.54) is 10.5 Å². The highest BCUT2D eigenvalue weighted by Gasteiger charge is 2.27. The minimum Gasteiger partial charge on any atom is -0.618 e. The molecule has 1 aliphatic rings. The number of thioether (sulfide) groups is 1. The molecule has 0 bridgehead atoms. The van der Waals surface area contributed by atoms with Crippen molar-refractivity contribution in [2.24, 2.45) is 0 Å². The smallest absolute Gasteiger partial charge is 0.316 e. The van der Waals surface area contributed by atoms with Gasteiger partial charge in [-0.25, -0.2) is 13.4 Å². The fourth-order valence-corrected chi connectivity index (χ4v) is 5.70. The molecule has 176 valence electrons. The molecule has 1 fully saturated rings. The van der Waals surface area contributed by atoms with Gasteiger partial charge in [0.25, 0.3) is 5.03 Å². The van der Waals surface area contributed by atoms with E-state index in [1.807, 2.05) is 11.5 Å². The average molecular weight is 493 g/mol. The van der Waals surface area contributed by atoms with Crippen LogP contribution < -0.4 is 4.73 Å². The van der Waals surface area contributed by atoms with Crippen LogP contribution in [0.25, 0.3) is 11.0 Å². The molecule has 4 rings (SSSR count). The standard InChI is InChI=1S/C21H24N4O6S2/c1-2-24-18-7-6-16(33(28,29)23-9-11-30-12-10-23)13-17(18)22-19(24)14-31-21(26)15-32-20-5-3-4-8-25(20)27/h3-8,13H,2,9-12,14-15H2,1H3. The van der Waals surface area contributed by atoms with Crippen LogP contribution in [0.15, 0.2) is 52.5 Å². The third-order valence-corrected chi connectivity index (χ3v) is 8.10. The van der Waals surface area contributed by atoms with Crippen LogP contribution in [-0.2, 0) is 37.4 Å². The largest absolute Gasteiger partial charge is 0.618 e. The minimum atomic E-state index is -3.64. The van der Waals surface area contributed by atoms with Crippen LogP contribution in [0.3, 0.4) is 0 Å². The van der Waals surface area contributed by atoms with Crippen LogP contribution in [0.1, 0.15) is 12.7 Å². The van der Waals surface area contributed by atoms with Gasteiger partial charge in [0.1, 0.15) is 18.2 Å². The summed E-state index contributed by atoms with van der Waals surface area (Å²) in [5.74, 6) is 0.0279. The lowest BCUT2D eigenvalue weighted by molar-refractivity contribution is -0.645. The highest BCUT2D eigenvalue weighted by Crippen LogP contribution is 2.24. The van der Waals surface area contributed by atoms with Gasteiger partial charge in [-0.1, -0.05) is 0 Å². The van der Waals surface area contributed by atoms with E-state index in [0.29, 0.717) is 53.9 Å². The Morgan fingerprint density at radius 3 is 2.79 bits per heavy atom. The minimum absolute atomic E-state index is 0.0133. The Morgan fingerprint density at radius 2 is 2.06 bits per heavy atom. The molecule has 2 aromatic heterocycles. The monoisotopic (exact) mass is 492 g/mol. The summed E-state index contributed by atoms with van der Waals surface area (Å²) in [6, 6.07) is 9.81. The van der Waals surface area contributed by atoms with Crippen LogP contribution in [0.2, 0.25) is 0 Å². The number of hydrogen-bond acceptors (Lipinski definition) is 8. The van der Waals surface area contributed by atoms with Crippen LogP contribution in [-0.4, -0.2) is 60.3 Å². The summed E-state index contributed by atoms with van der Waals surface area (Å²) in [5, 5.41) is 12.1. The zero-order valence-electron chi connectivity index (χ0n) is 18.0. The molecule has 0 amide bonds. The Hall–Kier alpha value is -2.67. The van der Waals surface area contributed by atoms with E-state index in [1.54, 1.807) is 36.4 Å². The number of aryl methyl sites for hydroxylation is 1. The fourth-order valence-electron chi connectivity index (χ4n) is 3.56. The summed E-state index contributed by atoms with van der Waals surface area (Å²) in [4.78, 5) is 16.9. The summed E-state index contributed by atoms with van der Waals surface area (Å²) in [6.45, 7) is 3.84. The highest BCUT2D eigenvalue weighted by atomic mass is 32.2. The van der Waals surface area contributed by atoms with E-state index < -0.39 is 16.0 Å². The van der Waals surface area contributed by atoms with E-state index in [2.05, 4.69) is 4.98 Å². The van der Waals surface area contributed by atoms with Gasteiger partial charge in [0, 0.05) is 31.8 Å². The molecule has 12 heteroatoms. The molecule has 0 radical (unpaired) electrons. The van der Waals surface area contributed by atoms with Crippen molar-refractivity contribution in [2.45, 2.75) is 30.0 Å². The molecule has 0 saturated carbocycles. The first-order chi connectivity index (χ1) is 15.9. The number of carbonyl (C=O) groups excluding carboxylic acids is 1. The number of morpholine rings is 1. The van der Waals surface area contributed by atoms with Crippen molar-refractivity contribution >= 4 is 38.8 Å². The first kappa shape index (κ1) is 23.5. The third-order valence-electron chi connectivity index (χ3n) is 5.21. The lowest BCUT2D eigenvalue weighted by Crippen LogP contribution is -2.40. The van der Waals surface area contributed by atoms with Crippen molar-refractivity contribution in [1.82, 2.24) is 13.9 Å². The molecule has 3 aromatic rings. The van der Waals surface area contributed by atoms with Crippen LogP contribution in [0.4, 0.5) is 0 Å². The average Bonchev–Trinajstić information content (AvgIpc) is 3.19. The van der Waals surface area contributed by atoms with Gasteiger partial charge in [-0.15, -0.1) is 0 Å². The quantitative estimate of drug-likeness (QED) is 0.201. The van der Waals surface area contributed by atoms with Crippen molar-refractivity contribution in [2.75, 3.05) is 32.1 Å². The second-order valence-electron chi connectivity index (χ2n) is 7.25. The van der Waals surface area contributed by atoms with E-state index >= 15 is 0 Å². The summed E-state index contributed by atoms with van der Waals surface area (Å²) in [7, 11) is -3.64. The molecule has 1 aromatic carbocycles. The van der Waals surface area contributed by atoms with E-state index in [0.717, 1.165) is 17.3 Å². The lowest BCUT2D eigenvalue weighted by atomic mass is 10.3. The van der Waals surface area contributed by atoms with Gasteiger partial charge in [0.05, 0.1) is 29.1 Å². The topological polar surface area (TPSA) is 118 Å².